The van der Waals surface area contributed by atoms with Crippen LogP contribution < -0.4 is 0 Å². The first-order valence-corrected chi connectivity index (χ1v) is 10.3. The van der Waals surface area contributed by atoms with Crippen molar-refractivity contribution < 1.29 is 9.53 Å². The van der Waals surface area contributed by atoms with E-state index in [0.717, 1.165) is 42.3 Å². The van der Waals surface area contributed by atoms with Crippen LogP contribution in [0.1, 0.15) is 43.7 Å². The summed E-state index contributed by atoms with van der Waals surface area (Å²) in [5.41, 5.74) is 1.19. The predicted molar refractivity (Wildman–Crippen MR) is 110 cm³/mol. The van der Waals surface area contributed by atoms with Gasteiger partial charge in [-0.3, -0.25) is 4.79 Å². The topological polar surface area (TPSA) is 29.5 Å². The maximum Gasteiger partial charge on any atom is 0.223 e. The molecule has 2 fully saturated rings. The Morgan fingerprint density at radius 3 is 2.19 bits per heavy atom. The Morgan fingerprint density at radius 2 is 1.59 bits per heavy atom. The van der Waals surface area contributed by atoms with Crippen LogP contribution in [0.15, 0.2) is 54.6 Å². The summed E-state index contributed by atoms with van der Waals surface area (Å²) in [5, 5.41) is 1.53. The highest BCUT2D eigenvalue weighted by molar-refractivity contribution is 6.30. The highest BCUT2D eigenvalue weighted by atomic mass is 35.5. The number of benzene rings is 2. The average molecular weight is 406 g/mol. The van der Waals surface area contributed by atoms with Gasteiger partial charge in [0.1, 0.15) is 0 Å². The van der Waals surface area contributed by atoms with Crippen molar-refractivity contribution in [2.24, 2.45) is 0 Å². The van der Waals surface area contributed by atoms with Crippen molar-refractivity contribution in [3.05, 3.63) is 70.2 Å². The molecule has 0 N–H and O–H groups in total. The molecule has 2 atom stereocenters. The number of piperidine rings is 1. The third-order valence-electron chi connectivity index (χ3n) is 5.01. The van der Waals surface area contributed by atoms with E-state index in [1.807, 2.05) is 54.6 Å². The summed E-state index contributed by atoms with van der Waals surface area (Å²) in [7, 11) is 0. The molecule has 0 saturated carbocycles. The molecule has 0 bridgehead atoms. The lowest BCUT2D eigenvalue weighted by Crippen LogP contribution is -2.48. The van der Waals surface area contributed by atoms with Crippen molar-refractivity contribution in [1.82, 2.24) is 4.90 Å². The van der Waals surface area contributed by atoms with E-state index in [1.54, 1.807) is 0 Å². The second-order valence-corrected chi connectivity index (χ2v) is 7.80. The van der Waals surface area contributed by atoms with Gasteiger partial charge in [0.15, 0.2) is 0 Å². The molecular formula is C22H25Cl2NO2. The zero-order valence-corrected chi connectivity index (χ0v) is 16.8. The molecule has 0 spiro atoms. The second-order valence-electron chi connectivity index (χ2n) is 6.93. The van der Waals surface area contributed by atoms with Crippen LogP contribution in [-0.4, -0.2) is 30.1 Å². The molecule has 5 heteroatoms. The Labute approximate surface area is 171 Å². The van der Waals surface area contributed by atoms with E-state index < -0.39 is 0 Å². The van der Waals surface area contributed by atoms with E-state index in [9.17, 15) is 4.79 Å². The van der Waals surface area contributed by atoms with Gasteiger partial charge in [0.2, 0.25) is 5.91 Å². The van der Waals surface area contributed by atoms with Gasteiger partial charge in [-0.25, -0.2) is 0 Å². The highest BCUT2D eigenvalue weighted by Gasteiger charge is 2.35. The fourth-order valence-corrected chi connectivity index (χ4v) is 3.99. The number of carbonyl (C=O) groups is 1. The first-order valence-electron chi connectivity index (χ1n) is 9.50. The van der Waals surface area contributed by atoms with Gasteiger partial charge in [-0.05, 0) is 55.5 Å². The fourth-order valence-electron chi connectivity index (χ4n) is 3.72. The van der Waals surface area contributed by atoms with Crippen LogP contribution in [0, 0.1) is 0 Å². The van der Waals surface area contributed by atoms with Crippen molar-refractivity contribution in [2.75, 3.05) is 13.2 Å². The van der Waals surface area contributed by atoms with Gasteiger partial charge in [-0.15, -0.1) is 0 Å². The number of hydrogen-bond donors (Lipinski definition) is 0. The molecule has 2 unspecified atom stereocenters. The largest absolute Gasteiger partial charge is 0.379 e. The number of likely N-dealkylation sites (tertiary alicyclic amines) is 1. The lowest BCUT2D eigenvalue weighted by Gasteiger charge is -2.42. The predicted octanol–water partition coefficient (Wildman–Crippen LogP) is 5.91. The van der Waals surface area contributed by atoms with Crippen LogP contribution in [-0.2, 0) is 9.53 Å². The molecule has 0 radical (unpaired) electrons. The van der Waals surface area contributed by atoms with Crippen molar-refractivity contribution in [2.45, 2.75) is 44.2 Å². The van der Waals surface area contributed by atoms with E-state index >= 15 is 0 Å². The first-order chi connectivity index (χ1) is 13.1. The number of nitrogens with zero attached hydrogens (tertiary/aromatic N) is 1. The standard InChI is InChI=1S/C16H20ClNO2.C6H5Cl/c17-13-8-6-12(7-9-13)15-4-1-5-16(19)18(15)14-3-2-10-20-11-14;7-6-4-2-1-3-5-6/h6-9,14-15H,1-5,10-11H2;1-5H. The number of rotatable bonds is 2. The van der Waals surface area contributed by atoms with Gasteiger partial charge in [0.25, 0.3) is 0 Å². The van der Waals surface area contributed by atoms with Gasteiger partial charge < -0.3 is 9.64 Å². The minimum Gasteiger partial charge on any atom is -0.379 e. The molecule has 144 valence electrons. The maximum atomic E-state index is 12.4. The molecule has 0 aliphatic carbocycles. The Kier molecular flexibility index (Phi) is 7.57. The van der Waals surface area contributed by atoms with Crippen molar-refractivity contribution in [3.8, 4) is 0 Å². The minimum absolute atomic E-state index is 0.181. The SMILES string of the molecule is Clc1ccccc1.O=C1CCCC(c2ccc(Cl)cc2)N1C1CCCOC1. The smallest absolute Gasteiger partial charge is 0.223 e. The third kappa shape index (κ3) is 5.71. The highest BCUT2D eigenvalue weighted by Crippen LogP contribution is 2.35. The van der Waals surface area contributed by atoms with E-state index in [0.29, 0.717) is 13.0 Å². The van der Waals surface area contributed by atoms with Crippen LogP contribution in [0.4, 0.5) is 0 Å². The zero-order valence-electron chi connectivity index (χ0n) is 15.3. The molecule has 4 rings (SSSR count). The number of carbonyl (C=O) groups excluding carboxylic acids is 1. The second kappa shape index (κ2) is 10.1. The molecule has 27 heavy (non-hydrogen) atoms. The van der Waals surface area contributed by atoms with E-state index in [-0.39, 0.29) is 18.0 Å². The Morgan fingerprint density at radius 1 is 0.889 bits per heavy atom. The Hall–Kier alpha value is -1.55. The molecular weight excluding hydrogens is 381 g/mol. The fraction of sp³-hybridized carbons (Fsp3) is 0.409. The molecule has 2 aromatic rings. The summed E-state index contributed by atoms with van der Waals surface area (Å²) in [6.07, 6.45) is 4.76. The van der Waals surface area contributed by atoms with E-state index in [2.05, 4.69) is 4.90 Å². The minimum atomic E-state index is 0.181. The Bertz CT molecular complexity index is 715. The summed E-state index contributed by atoms with van der Waals surface area (Å²) >= 11 is 11.5. The van der Waals surface area contributed by atoms with Crippen LogP contribution in [0.25, 0.3) is 0 Å². The van der Waals surface area contributed by atoms with Gasteiger partial charge >= 0.3 is 0 Å². The van der Waals surface area contributed by atoms with Crippen LogP contribution in [0.5, 0.6) is 0 Å². The third-order valence-corrected chi connectivity index (χ3v) is 5.51. The molecule has 2 aromatic carbocycles. The number of halogens is 2. The normalized spacial score (nSPS) is 22.7. The van der Waals surface area contributed by atoms with Gasteiger partial charge in [0, 0.05) is 23.1 Å². The summed E-state index contributed by atoms with van der Waals surface area (Å²) < 4.78 is 5.57. The van der Waals surface area contributed by atoms with E-state index in [1.165, 1.54) is 5.56 Å². The molecule has 2 heterocycles. The van der Waals surface area contributed by atoms with Crippen LogP contribution in [0.2, 0.25) is 10.0 Å². The molecule has 0 aromatic heterocycles. The quantitative estimate of drug-likeness (QED) is 0.620. The van der Waals surface area contributed by atoms with Gasteiger partial charge in [0.05, 0.1) is 18.7 Å². The van der Waals surface area contributed by atoms with Crippen molar-refractivity contribution in [3.63, 3.8) is 0 Å². The summed E-state index contributed by atoms with van der Waals surface area (Å²) in [6, 6.07) is 17.8. The van der Waals surface area contributed by atoms with Gasteiger partial charge in [-0.2, -0.15) is 0 Å². The molecule has 3 nitrogen and oxygen atoms in total. The van der Waals surface area contributed by atoms with E-state index in [4.69, 9.17) is 27.9 Å². The monoisotopic (exact) mass is 405 g/mol. The zero-order chi connectivity index (χ0) is 19.1. The lowest BCUT2D eigenvalue weighted by molar-refractivity contribution is -0.143. The summed E-state index contributed by atoms with van der Waals surface area (Å²) in [6.45, 7) is 1.50. The molecule has 2 aliphatic heterocycles. The molecule has 2 saturated heterocycles. The molecule has 2 aliphatic rings. The first kappa shape index (κ1) is 20.2. The van der Waals surface area contributed by atoms with Gasteiger partial charge in [-0.1, -0.05) is 53.5 Å². The summed E-state index contributed by atoms with van der Waals surface area (Å²) in [4.78, 5) is 14.5. The number of amides is 1. The molecule has 1 amide bonds. The Balaban J connectivity index is 0.000000253. The summed E-state index contributed by atoms with van der Waals surface area (Å²) in [5.74, 6) is 0.270. The average Bonchev–Trinajstić information content (AvgIpc) is 2.70. The maximum absolute atomic E-state index is 12.4. The number of hydrogen-bond acceptors (Lipinski definition) is 2. The van der Waals surface area contributed by atoms with Crippen molar-refractivity contribution in [1.29, 1.82) is 0 Å². The lowest BCUT2D eigenvalue weighted by atomic mass is 9.92. The number of ether oxygens (including phenoxy) is 1. The van der Waals surface area contributed by atoms with Crippen LogP contribution in [0.3, 0.4) is 0 Å². The van der Waals surface area contributed by atoms with Crippen molar-refractivity contribution >= 4 is 29.1 Å². The van der Waals surface area contributed by atoms with Crippen LogP contribution >= 0.6 is 23.2 Å².